The molecule has 19 heavy (non-hydrogen) atoms. The number of unbranched alkanes of at least 4 members (excludes halogenated alkanes) is 1. The molecule has 1 atom stereocenters. The molecule has 0 radical (unpaired) electrons. The molecule has 0 aliphatic rings. The Morgan fingerprint density at radius 1 is 1.26 bits per heavy atom. The van der Waals surface area contributed by atoms with Crippen LogP contribution in [-0.2, 0) is 9.47 Å². The third-order valence-electron chi connectivity index (χ3n) is 2.47. The van der Waals surface area contributed by atoms with Gasteiger partial charge in [-0.05, 0) is 31.9 Å². The van der Waals surface area contributed by atoms with E-state index in [-0.39, 0.29) is 0 Å². The minimum Gasteiger partial charge on any atom is -0.435 e. The molecule has 3 heteroatoms. The molecule has 0 fully saturated rings. The number of carbonyl (C=O) groups is 1. The molecule has 1 aromatic carbocycles. The van der Waals surface area contributed by atoms with E-state index in [1.165, 1.54) is 0 Å². The lowest BCUT2D eigenvalue weighted by atomic mass is 10.1. The molecule has 0 N–H and O–H groups in total. The van der Waals surface area contributed by atoms with Crippen molar-refractivity contribution in [2.45, 2.75) is 39.2 Å². The topological polar surface area (TPSA) is 35.5 Å². The summed E-state index contributed by atoms with van der Waals surface area (Å²) in [7, 11) is 0. The molecule has 0 saturated heterocycles. The third kappa shape index (κ3) is 6.52. The maximum atomic E-state index is 11.3. The molecule has 0 aliphatic carbocycles. The Morgan fingerprint density at radius 3 is 2.63 bits per heavy atom. The highest BCUT2D eigenvalue weighted by Gasteiger charge is 2.11. The number of ether oxygens (including phenoxy) is 2. The zero-order valence-electron chi connectivity index (χ0n) is 11.5. The Bertz CT molecular complexity index is 428. The summed E-state index contributed by atoms with van der Waals surface area (Å²) in [5.41, 5.74) is 0.913. The molecule has 0 saturated carbocycles. The molecule has 102 valence electrons. The lowest BCUT2D eigenvalue weighted by molar-refractivity contribution is 0.0404. The summed E-state index contributed by atoms with van der Waals surface area (Å²) >= 11 is 0. The fourth-order valence-corrected chi connectivity index (χ4v) is 1.50. The molecule has 0 spiro atoms. The van der Waals surface area contributed by atoms with Crippen molar-refractivity contribution in [1.29, 1.82) is 0 Å². The van der Waals surface area contributed by atoms with Gasteiger partial charge in [-0.1, -0.05) is 43.4 Å². The van der Waals surface area contributed by atoms with E-state index in [2.05, 4.69) is 18.8 Å². The lowest BCUT2D eigenvalue weighted by Crippen LogP contribution is -2.17. The highest BCUT2D eigenvalue weighted by atomic mass is 16.7. The van der Waals surface area contributed by atoms with Crippen molar-refractivity contribution in [2.75, 3.05) is 6.61 Å². The molecule has 0 aromatic heterocycles. The Morgan fingerprint density at radius 2 is 2.00 bits per heavy atom. The predicted molar refractivity (Wildman–Crippen MR) is 74.7 cm³/mol. The Kier molecular flexibility index (Phi) is 7.19. The van der Waals surface area contributed by atoms with Gasteiger partial charge in [0.1, 0.15) is 0 Å². The minimum atomic E-state index is -0.647. The van der Waals surface area contributed by atoms with E-state index in [9.17, 15) is 4.79 Å². The standard InChI is InChI=1S/C16H20O3/c1-3-5-11-15(19-16(17)18-4-2)13-12-14-9-7-6-8-10-14/h6-10,15H,3-5,11H2,1-2H3. The third-order valence-corrected chi connectivity index (χ3v) is 2.47. The first-order valence-electron chi connectivity index (χ1n) is 6.66. The highest BCUT2D eigenvalue weighted by Crippen LogP contribution is 2.06. The van der Waals surface area contributed by atoms with Crippen LogP contribution in [0.2, 0.25) is 0 Å². The quantitative estimate of drug-likeness (QED) is 0.597. The Hall–Kier alpha value is -1.95. The smallest absolute Gasteiger partial charge is 0.435 e. The zero-order valence-corrected chi connectivity index (χ0v) is 11.5. The van der Waals surface area contributed by atoms with Crippen molar-refractivity contribution >= 4 is 6.16 Å². The van der Waals surface area contributed by atoms with Gasteiger partial charge in [0, 0.05) is 5.56 Å². The number of carbonyl (C=O) groups excluding carboxylic acids is 1. The van der Waals surface area contributed by atoms with Gasteiger partial charge in [0.2, 0.25) is 0 Å². The van der Waals surface area contributed by atoms with Crippen LogP contribution in [0.5, 0.6) is 0 Å². The fourth-order valence-electron chi connectivity index (χ4n) is 1.50. The largest absolute Gasteiger partial charge is 0.509 e. The average molecular weight is 260 g/mol. The summed E-state index contributed by atoms with van der Waals surface area (Å²) in [6, 6.07) is 9.64. The molecule has 0 heterocycles. The molecule has 3 nitrogen and oxygen atoms in total. The van der Waals surface area contributed by atoms with E-state index >= 15 is 0 Å². The van der Waals surface area contributed by atoms with Gasteiger partial charge >= 0.3 is 6.16 Å². The Balaban J connectivity index is 2.63. The van der Waals surface area contributed by atoms with Gasteiger partial charge in [-0.15, -0.1) is 0 Å². The van der Waals surface area contributed by atoms with Crippen molar-refractivity contribution < 1.29 is 14.3 Å². The van der Waals surface area contributed by atoms with Crippen LogP contribution in [0.4, 0.5) is 4.79 Å². The van der Waals surface area contributed by atoms with Crippen molar-refractivity contribution in [3.63, 3.8) is 0 Å². The summed E-state index contributed by atoms with van der Waals surface area (Å²) in [4.78, 5) is 11.3. The number of hydrogen-bond acceptors (Lipinski definition) is 3. The van der Waals surface area contributed by atoms with Gasteiger partial charge in [-0.3, -0.25) is 0 Å². The maximum Gasteiger partial charge on any atom is 0.509 e. The minimum absolute atomic E-state index is 0.311. The first kappa shape index (κ1) is 15.1. The predicted octanol–water partition coefficient (Wildman–Crippen LogP) is 3.77. The second-order valence-electron chi connectivity index (χ2n) is 4.07. The molecule has 1 aromatic rings. The lowest BCUT2D eigenvalue weighted by Gasteiger charge is -2.11. The SMILES string of the molecule is CCCCC(C#Cc1ccccc1)OC(=O)OCC. The number of benzene rings is 1. The van der Waals surface area contributed by atoms with Gasteiger partial charge in [-0.25, -0.2) is 4.79 Å². The van der Waals surface area contributed by atoms with Gasteiger partial charge in [0.05, 0.1) is 6.61 Å². The molecule has 1 unspecified atom stereocenters. The second kappa shape index (κ2) is 9.04. The van der Waals surface area contributed by atoms with Gasteiger partial charge in [0.15, 0.2) is 6.10 Å². The zero-order chi connectivity index (χ0) is 13.9. The van der Waals surface area contributed by atoms with E-state index in [1.807, 2.05) is 30.3 Å². The number of hydrogen-bond donors (Lipinski definition) is 0. The van der Waals surface area contributed by atoms with Gasteiger partial charge < -0.3 is 9.47 Å². The van der Waals surface area contributed by atoms with Crippen molar-refractivity contribution in [2.24, 2.45) is 0 Å². The monoisotopic (exact) mass is 260 g/mol. The average Bonchev–Trinajstić information content (AvgIpc) is 2.43. The summed E-state index contributed by atoms with van der Waals surface area (Å²) in [6.07, 6.45) is 1.68. The second-order valence-corrected chi connectivity index (χ2v) is 4.07. The first-order chi connectivity index (χ1) is 9.26. The summed E-state index contributed by atoms with van der Waals surface area (Å²) in [5, 5.41) is 0. The molecule has 0 amide bonds. The van der Waals surface area contributed by atoms with Crippen LogP contribution in [0.15, 0.2) is 30.3 Å². The van der Waals surface area contributed by atoms with Crippen molar-refractivity contribution in [3.8, 4) is 11.8 Å². The maximum absolute atomic E-state index is 11.3. The van der Waals surface area contributed by atoms with Crippen LogP contribution >= 0.6 is 0 Å². The van der Waals surface area contributed by atoms with E-state index in [1.54, 1.807) is 6.92 Å². The normalized spacial score (nSPS) is 11.1. The van der Waals surface area contributed by atoms with Gasteiger partial charge in [0.25, 0.3) is 0 Å². The summed E-state index contributed by atoms with van der Waals surface area (Å²) in [6.45, 7) is 4.15. The molecule has 0 aliphatic heterocycles. The van der Waals surface area contributed by atoms with Crippen molar-refractivity contribution in [3.05, 3.63) is 35.9 Å². The van der Waals surface area contributed by atoms with Crippen LogP contribution in [0.1, 0.15) is 38.7 Å². The summed E-state index contributed by atoms with van der Waals surface area (Å²) in [5.74, 6) is 6.01. The fraction of sp³-hybridized carbons (Fsp3) is 0.438. The molecule has 1 rings (SSSR count). The molecule has 0 bridgehead atoms. The van der Waals surface area contributed by atoms with Crippen LogP contribution in [0.25, 0.3) is 0 Å². The Labute approximate surface area is 114 Å². The van der Waals surface area contributed by atoms with Crippen LogP contribution < -0.4 is 0 Å². The molecular weight excluding hydrogens is 240 g/mol. The van der Waals surface area contributed by atoms with Gasteiger partial charge in [-0.2, -0.15) is 0 Å². The van der Waals surface area contributed by atoms with E-state index in [0.29, 0.717) is 6.61 Å². The van der Waals surface area contributed by atoms with Crippen molar-refractivity contribution in [1.82, 2.24) is 0 Å². The van der Waals surface area contributed by atoms with Crippen LogP contribution in [0, 0.1) is 11.8 Å². The van der Waals surface area contributed by atoms with E-state index < -0.39 is 12.3 Å². The van der Waals surface area contributed by atoms with Crippen LogP contribution in [-0.4, -0.2) is 18.9 Å². The number of rotatable bonds is 5. The van der Waals surface area contributed by atoms with E-state index in [0.717, 1.165) is 24.8 Å². The molecular formula is C16H20O3. The first-order valence-corrected chi connectivity index (χ1v) is 6.66. The highest BCUT2D eigenvalue weighted by molar-refractivity contribution is 5.60. The summed E-state index contributed by atoms with van der Waals surface area (Å²) < 4.78 is 9.96. The van der Waals surface area contributed by atoms with Crippen LogP contribution in [0.3, 0.4) is 0 Å². The van der Waals surface area contributed by atoms with E-state index in [4.69, 9.17) is 9.47 Å².